The highest BCUT2D eigenvalue weighted by molar-refractivity contribution is 6.02. The van der Waals surface area contributed by atoms with E-state index in [-0.39, 0.29) is 11.6 Å². The summed E-state index contributed by atoms with van der Waals surface area (Å²) in [5.74, 6) is 1.13. The average molecular weight is 348 g/mol. The molecule has 0 spiro atoms. The first-order valence-corrected chi connectivity index (χ1v) is 8.20. The van der Waals surface area contributed by atoms with Crippen molar-refractivity contribution in [3.8, 4) is 5.75 Å². The van der Waals surface area contributed by atoms with Gasteiger partial charge in [0.1, 0.15) is 5.75 Å². The second-order valence-electron chi connectivity index (χ2n) is 5.80. The van der Waals surface area contributed by atoms with Crippen LogP contribution in [0.25, 0.3) is 0 Å². The van der Waals surface area contributed by atoms with Gasteiger partial charge in [-0.15, -0.1) is 10.2 Å². The van der Waals surface area contributed by atoms with Crippen molar-refractivity contribution in [2.75, 3.05) is 24.4 Å². The molecule has 0 saturated carbocycles. The van der Waals surface area contributed by atoms with E-state index in [9.17, 15) is 4.79 Å². The number of amides is 1. The van der Waals surface area contributed by atoms with Crippen molar-refractivity contribution < 1.29 is 9.53 Å². The molecular weight excluding hydrogens is 328 g/mol. The van der Waals surface area contributed by atoms with Crippen LogP contribution < -0.4 is 15.0 Å². The third kappa shape index (κ3) is 4.36. The van der Waals surface area contributed by atoms with E-state index < -0.39 is 0 Å². The zero-order valence-corrected chi connectivity index (χ0v) is 14.7. The number of nitrogens with zero attached hydrogens (tertiary/aromatic N) is 3. The van der Waals surface area contributed by atoms with Crippen LogP contribution in [0.4, 0.5) is 11.5 Å². The lowest BCUT2D eigenvalue weighted by atomic mass is 10.2. The summed E-state index contributed by atoms with van der Waals surface area (Å²) in [6.07, 6.45) is 0. The molecule has 0 fully saturated rings. The minimum atomic E-state index is -0.306. The molecule has 1 amide bonds. The summed E-state index contributed by atoms with van der Waals surface area (Å²) in [7, 11) is 3.54. The fourth-order valence-electron chi connectivity index (χ4n) is 2.46. The van der Waals surface area contributed by atoms with E-state index in [4.69, 9.17) is 4.74 Å². The van der Waals surface area contributed by atoms with Crippen LogP contribution in [-0.2, 0) is 6.54 Å². The predicted octanol–water partition coefficient (Wildman–Crippen LogP) is 3.37. The summed E-state index contributed by atoms with van der Waals surface area (Å²) >= 11 is 0. The van der Waals surface area contributed by atoms with Crippen molar-refractivity contribution in [2.24, 2.45) is 0 Å². The first-order chi connectivity index (χ1) is 12.7. The number of benzene rings is 2. The fraction of sp³-hybridized carbons (Fsp3) is 0.150. The van der Waals surface area contributed by atoms with Gasteiger partial charge in [0.25, 0.3) is 5.91 Å². The number of anilines is 2. The molecule has 0 atom stereocenters. The third-order valence-corrected chi connectivity index (χ3v) is 3.88. The van der Waals surface area contributed by atoms with Crippen LogP contribution in [0.15, 0.2) is 66.7 Å². The normalized spacial score (nSPS) is 10.2. The molecule has 2 aromatic carbocycles. The van der Waals surface area contributed by atoms with Crippen molar-refractivity contribution in [1.82, 2.24) is 10.2 Å². The summed E-state index contributed by atoms with van der Waals surface area (Å²) < 4.78 is 5.10. The number of nitrogens with one attached hydrogen (secondary N) is 1. The lowest BCUT2D eigenvalue weighted by Crippen LogP contribution is -2.20. The van der Waals surface area contributed by atoms with Gasteiger partial charge in [0.2, 0.25) is 0 Å². The van der Waals surface area contributed by atoms with Gasteiger partial charge in [0, 0.05) is 19.3 Å². The fourth-order valence-corrected chi connectivity index (χ4v) is 2.46. The van der Waals surface area contributed by atoms with E-state index in [1.165, 1.54) is 5.56 Å². The Kier molecular flexibility index (Phi) is 5.43. The number of ether oxygens (including phenoxy) is 1. The first-order valence-electron chi connectivity index (χ1n) is 8.20. The van der Waals surface area contributed by atoms with Crippen molar-refractivity contribution in [3.63, 3.8) is 0 Å². The van der Waals surface area contributed by atoms with Crippen LogP contribution in [0.5, 0.6) is 5.75 Å². The highest BCUT2D eigenvalue weighted by atomic mass is 16.5. The molecule has 0 aliphatic heterocycles. The number of carbonyl (C=O) groups excluding carboxylic acids is 1. The number of methoxy groups -OCH3 is 1. The Balaban J connectivity index is 1.63. The van der Waals surface area contributed by atoms with Crippen molar-refractivity contribution in [3.05, 3.63) is 78.0 Å². The van der Waals surface area contributed by atoms with Gasteiger partial charge in [-0.05, 0) is 42.0 Å². The summed E-state index contributed by atoms with van der Waals surface area (Å²) in [6.45, 7) is 0.715. The summed E-state index contributed by atoms with van der Waals surface area (Å²) in [5, 5.41) is 11.0. The van der Waals surface area contributed by atoms with Gasteiger partial charge in [0.15, 0.2) is 11.5 Å². The van der Waals surface area contributed by atoms with Crippen LogP contribution in [0.3, 0.4) is 0 Å². The van der Waals surface area contributed by atoms with E-state index in [1.807, 2.05) is 30.1 Å². The molecule has 0 unspecified atom stereocenters. The second-order valence-corrected chi connectivity index (χ2v) is 5.80. The molecule has 6 heteroatoms. The topological polar surface area (TPSA) is 67.3 Å². The van der Waals surface area contributed by atoms with Gasteiger partial charge in [-0.1, -0.05) is 30.3 Å². The first kappa shape index (κ1) is 17.4. The van der Waals surface area contributed by atoms with Gasteiger partial charge >= 0.3 is 0 Å². The molecule has 6 nitrogen and oxygen atoms in total. The quantitative estimate of drug-likeness (QED) is 0.740. The Morgan fingerprint density at radius 3 is 2.35 bits per heavy atom. The predicted molar refractivity (Wildman–Crippen MR) is 102 cm³/mol. The van der Waals surface area contributed by atoms with Gasteiger partial charge in [-0.2, -0.15) is 0 Å². The average Bonchev–Trinajstić information content (AvgIpc) is 2.69. The van der Waals surface area contributed by atoms with Gasteiger partial charge in [-0.25, -0.2) is 0 Å². The molecular formula is C20H20N4O2. The molecule has 26 heavy (non-hydrogen) atoms. The molecule has 1 N–H and O–H groups in total. The third-order valence-electron chi connectivity index (χ3n) is 3.88. The molecule has 0 bridgehead atoms. The molecule has 0 saturated heterocycles. The van der Waals surface area contributed by atoms with Crippen LogP contribution in [-0.4, -0.2) is 30.3 Å². The zero-order chi connectivity index (χ0) is 18.4. The maximum absolute atomic E-state index is 12.3. The molecule has 1 aromatic heterocycles. The van der Waals surface area contributed by atoms with Crippen LogP contribution in [0.1, 0.15) is 16.1 Å². The SMILES string of the molecule is COc1ccc(NC(=O)c2ccc(N(C)Cc3ccccc3)nn2)cc1. The Morgan fingerprint density at radius 2 is 1.73 bits per heavy atom. The van der Waals surface area contributed by atoms with E-state index in [0.717, 1.165) is 5.75 Å². The summed E-state index contributed by atoms with van der Waals surface area (Å²) in [5.41, 5.74) is 2.11. The molecule has 0 aliphatic carbocycles. The van der Waals surface area contributed by atoms with E-state index in [0.29, 0.717) is 18.1 Å². The molecule has 0 radical (unpaired) electrons. The van der Waals surface area contributed by atoms with Crippen LogP contribution in [0, 0.1) is 0 Å². The molecule has 0 aliphatic rings. The van der Waals surface area contributed by atoms with Crippen LogP contribution in [0.2, 0.25) is 0 Å². The molecule has 3 rings (SSSR count). The molecule has 1 heterocycles. The summed E-state index contributed by atoms with van der Waals surface area (Å²) in [6, 6.07) is 20.7. The van der Waals surface area contributed by atoms with Crippen molar-refractivity contribution in [1.29, 1.82) is 0 Å². The lowest BCUT2D eigenvalue weighted by Gasteiger charge is -2.17. The lowest BCUT2D eigenvalue weighted by molar-refractivity contribution is 0.102. The van der Waals surface area contributed by atoms with Crippen molar-refractivity contribution >= 4 is 17.4 Å². The standard InChI is InChI=1S/C20H20N4O2/c1-24(14-15-6-4-3-5-7-15)19-13-12-18(22-23-19)20(25)21-16-8-10-17(26-2)11-9-16/h3-13H,14H2,1-2H3,(H,21,25). The van der Waals surface area contributed by atoms with E-state index >= 15 is 0 Å². The number of carbonyl (C=O) groups is 1. The number of rotatable bonds is 6. The highest BCUT2D eigenvalue weighted by Gasteiger charge is 2.10. The Labute approximate surface area is 152 Å². The van der Waals surface area contributed by atoms with Crippen molar-refractivity contribution in [2.45, 2.75) is 6.54 Å². The van der Waals surface area contributed by atoms with E-state index in [2.05, 4.69) is 27.6 Å². The largest absolute Gasteiger partial charge is 0.497 e. The van der Waals surface area contributed by atoms with E-state index in [1.54, 1.807) is 43.5 Å². The molecule has 3 aromatic rings. The van der Waals surface area contributed by atoms with Gasteiger partial charge < -0.3 is 15.0 Å². The smallest absolute Gasteiger partial charge is 0.276 e. The van der Waals surface area contributed by atoms with Crippen LogP contribution >= 0.6 is 0 Å². The van der Waals surface area contributed by atoms with Gasteiger partial charge in [-0.3, -0.25) is 4.79 Å². The number of hydrogen-bond acceptors (Lipinski definition) is 5. The number of aromatic nitrogens is 2. The maximum Gasteiger partial charge on any atom is 0.276 e. The minimum absolute atomic E-state index is 0.262. The summed E-state index contributed by atoms with van der Waals surface area (Å²) in [4.78, 5) is 14.3. The second kappa shape index (κ2) is 8.11. The number of hydrogen-bond donors (Lipinski definition) is 1. The maximum atomic E-state index is 12.3. The minimum Gasteiger partial charge on any atom is -0.497 e. The van der Waals surface area contributed by atoms with Gasteiger partial charge in [0.05, 0.1) is 7.11 Å². The Bertz CT molecular complexity index is 849. The zero-order valence-electron chi connectivity index (χ0n) is 14.7. The molecule has 132 valence electrons. The highest BCUT2D eigenvalue weighted by Crippen LogP contribution is 2.16. The monoisotopic (exact) mass is 348 g/mol. The Morgan fingerprint density at radius 1 is 1.00 bits per heavy atom. The Hall–Kier alpha value is -3.41.